The van der Waals surface area contributed by atoms with Crippen molar-refractivity contribution in [1.29, 1.82) is 0 Å². The highest BCUT2D eigenvalue weighted by Crippen LogP contribution is 2.41. The Morgan fingerprint density at radius 1 is 1.17 bits per heavy atom. The summed E-state index contributed by atoms with van der Waals surface area (Å²) in [6.07, 6.45) is 6.64. The molecule has 2 aromatic heterocycles. The number of aliphatic hydroxyl groups is 1. The van der Waals surface area contributed by atoms with E-state index in [-0.39, 0.29) is 6.61 Å². The van der Waals surface area contributed by atoms with E-state index < -0.39 is 0 Å². The van der Waals surface area contributed by atoms with Crippen molar-refractivity contribution in [1.82, 2.24) is 20.0 Å². The standard InChI is InChI=1S/C17H23N5O/c1-12-6-8-21(9-7-12)16-5-4-14(10-18-16)22-17(13-2-3-13)15(11-23)19-20-22/h4-5,10,12-13,23H,2-3,6-9,11H2,1H3. The lowest BCUT2D eigenvalue weighted by Gasteiger charge is -2.31. The summed E-state index contributed by atoms with van der Waals surface area (Å²) in [5.74, 6) is 2.34. The highest BCUT2D eigenvalue weighted by molar-refractivity contribution is 5.44. The predicted octanol–water partition coefficient (Wildman–Crippen LogP) is 2.27. The first-order chi connectivity index (χ1) is 11.3. The van der Waals surface area contributed by atoms with Crippen molar-refractivity contribution < 1.29 is 5.11 Å². The molecule has 2 aliphatic rings. The van der Waals surface area contributed by atoms with Gasteiger partial charge in [-0.3, -0.25) is 0 Å². The minimum Gasteiger partial charge on any atom is -0.390 e. The maximum atomic E-state index is 9.45. The van der Waals surface area contributed by atoms with Crippen LogP contribution in [-0.4, -0.2) is 38.2 Å². The van der Waals surface area contributed by atoms with Crippen molar-refractivity contribution in [3.8, 4) is 5.69 Å². The van der Waals surface area contributed by atoms with E-state index in [4.69, 9.17) is 0 Å². The fraction of sp³-hybridized carbons (Fsp3) is 0.588. The van der Waals surface area contributed by atoms with Gasteiger partial charge in [0.25, 0.3) is 0 Å². The van der Waals surface area contributed by atoms with Crippen LogP contribution in [0.15, 0.2) is 18.3 Å². The summed E-state index contributed by atoms with van der Waals surface area (Å²) in [6.45, 7) is 4.43. The van der Waals surface area contributed by atoms with Gasteiger partial charge in [-0.25, -0.2) is 9.67 Å². The van der Waals surface area contributed by atoms with Gasteiger partial charge < -0.3 is 10.0 Å². The van der Waals surface area contributed by atoms with Crippen LogP contribution in [0.1, 0.15) is 49.9 Å². The number of nitrogens with zero attached hydrogens (tertiary/aromatic N) is 5. The Morgan fingerprint density at radius 3 is 2.57 bits per heavy atom. The van der Waals surface area contributed by atoms with Crippen molar-refractivity contribution in [2.75, 3.05) is 18.0 Å². The van der Waals surface area contributed by atoms with Crippen molar-refractivity contribution >= 4 is 5.82 Å². The third-order valence-electron chi connectivity index (χ3n) is 4.98. The fourth-order valence-electron chi connectivity index (χ4n) is 3.32. The molecule has 0 bridgehead atoms. The molecule has 1 saturated carbocycles. The lowest BCUT2D eigenvalue weighted by Crippen LogP contribution is -2.33. The molecule has 0 radical (unpaired) electrons. The molecular weight excluding hydrogens is 290 g/mol. The van der Waals surface area contributed by atoms with Gasteiger partial charge >= 0.3 is 0 Å². The molecular formula is C17H23N5O. The van der Waals surface area contributed by atoms with Gasteiger partial charge in [-0.2, -0.15) is 0 Å². The number of anilines is 1. The Balaban J connectivity index is 1.58. The van der Waals surface area contributed by atoms with Gasteiger partial charge in [0.1, 0.15) is 11.5 Å². The average molecular weight is 313 g/mol. The van der Waals surface area contributed by atoms with Gasteiger partial charge in [-0.15, -0.1) is 5.10 Å². The molecule has 2 fully saturated rings. The van der Waals surface area contributed by atoms with Crippen LogP contribution in [0.25, 0.3) is 5.69 Å². The Labute approximate surface area is 136 Å². The largest absolute Gasteiger partial charge is 0.390 e. The minimum absolute atomic E-state index is 0.0523. The van der Waals surface area contributed by atoms with Gasteiger partial charge in [0, 0.05) is 19.0 Å². The second-order valence-corrected chi connectivity index (χ2v) is 6.81. The predicted molar refractivity (Wildman–Crippen MR) is 87.7 cm³/mol. The van der Waals surface area contributed by atoms with Gasteiger partial charge in [0.2, 0.25) is 0 Å². The molecule has 0 atom stereocenters. The molecule has 0 unspecified atom stereocenters. The van der Waals surface area contributed by atoms with Crippen LogP contribution in [-0.2, 0) is 6.61 Å². The quantitative estimate of drug-likeness (QED) is 0.938. The number of rotatable bonds is 4. The van der Waals surface area contributed by atoms with Crippen LogP contribution in [0.3, 0.4) is 0 Å². The van der Waals surface area contributed by atoms with Crippen LogP contribution < -0.4 is 4.90 Å². The van der Waals surface area contributed by atoms with Crippen LogP contribution in [0.4, 0.5) is 5.82 Å². The zero-order valence-electron chi connectivity index (χ0n) is 13.5. The first kappa shape index (κ1) is 14.6. The fourth-order valence-corrected chi connectivity index (χ4v) is 3.32. The lowest BCUT2D eigenvalue weighted by atomic mass is 9.99. The molecule has 122 valence electrons. The SMILES string of the molecule is CC1CCN(c2ccc(-n3nnc(CO)c3C3CC3)cn2)CC1. The van der Waals surface area contributed by atoms with E-state index in [0.29, 0.717) is 11.6 Å². The summed E-state index contributed by atoms with van der Waals surface area (Å²) < 4.78 is 1.85. The number of aliphatic hydroxyl groups excluding tert-OH is 1. The Hall–Kier alpha value is -1.95. The van der Waals surface area contributed by atoms with Crippen LogP contribution in [0, 0.1) is 5.92 Å². The molecule has 0 aromatic carbocycles. The number of hydrogen-bond acceptors (Lipinski definition) is 5. The van der Waals surface area contributed by atoms with Gasteiger partial charge in [0.05, 0.1) is 24.2 Å². The van der Waals surface area contributed by atoms with Crippen LogP contribution in [0.2, 0.25) is 0 Å². The summed E-state index contributed by atoms with van der Waals surface area (Å²) in [7, 11) is 0. The van der Waals surface area contributed by atoms with E-state index in [9.17, 15) is 5.11 Å². The Kier molecular flexibility index (Phi) is 3.77. The normalized spacial score (nSPS) is 19.3. The first-order valence-corrected chi connectivity index (χ1v) is 8.53. The highest BCUT2D eigenvalue weighted by atomic mass is 16.3. The Morgan fingerprint density at radius 2 is 1.96 bits per heavy atom. The molecule has 2 aromatic rings. The van der Waals surface area contributed by atoms with E-state index in [0.717, 1.165) is 49.0 Å². The molecule has 6 heteroatoms. The maximum absolute atomic E-state index is 9.45. The van der Waals surface area contributed by atoms with Gasteiger partial charge in [0.15, 0.2) is 0 Å². The molecule has 3 heterocycles. The molecule has 6 nitrogen and oxygen atoms in total. The third-order valence-corrected chi connectivity index (χ3v) is 4.98. The summed E-state index contributed by atoms with van der Waals surface area (Å²) in [4.78, 5) is 6.99. The monoisotopic (exact) mass is 313 g/mol. The zero-order chi connectivity index (χ0) is 15.8. The molecule has 1 N–H and O–H groups in total. The number of pyridine rings is 1. The van der Waals surface area contributed by atoms with E-state index in [1.807, 2.05) is 10.9 Å². The summed E-state index contributed by atoms with van der Waals surface area (Å²) in [5.41, 5.74) is 2.67. The number of aromatic nitrogens is 4. The van der Waals surface area contributed by atoms with E-state index in [1.165, 1.54) is 12.8 Å². The highest BCUT2D eigenvalue weighted by Gasteiger charge is 2.31. The van der Waals surface area contributed by atoms with E-state index in [2.05, 4.69) is 39.3 Å². The van der Waals surface area contributed by atoms with Crippen LogP contribution in [0.5, 0.6) is 0 Å². The van der Waals surface area contributed by atoms with Gasteiger partial charge in [-0.05, 0) is 43.7 Å². The summed E-state index contributed by atoms with van der Waals surface area (Å²) in [6, 6.07) is 4.13. The molecule has 1 aliphatic heterocycles. The maximum Gasteiger partial charge on any atom is 0.128 e. The second kappa shape index (κ2) is 5.92. The molecule has 0 amide bonds. The Bertz CT molecular complexity index is 669. The zero-order valence-corrected chi connectivity index (χ0v) is 13.5. The molecule has 1 aliphatic carbocycles. The number of hydrogen-bond donors (Lipinski definition) is 1. The minimum atomic E-state index is -0.0523. The van der Waals surface area contributed by atoms with Crippen molar-refractivity contribution in [2.45, 2.75) is 45.1 Å². The second-order valence-electron chi connectivity index (χ2n) is 6.81. The van der Waals surface area contributed by atoms with Crippen LogP contribution >= 0.6 is 0 Å². The average Bonchev–Trinajstić information content (AvgIpc) is 3.34. The number of piperidine rings is 1. The molecule has 4 rings (SSSR count). The van der Waals surface area contributed by atoms with Crippen molar-refractivity contribution in [2.24, 2.45) is 5.92 Å². The summed E-state index contributed by atoms with van der Waals surface area (Å²) >= 11 is 0. The van der Waals surface area contributed by atoms with Crippen molar-refractivity contribution in [3.63, 3.8) is 0 Å². The van der Waals surface area contributed by atoms with E-state index >= 15 is 0 Å². The molecule has 0 spiro atoms. The molecule has 1 saturated heterocycles. The topological polar surface area (TPSA) is 67.1 Å². The smallest absolute Gasteiger partial charge is 0.128 e. The third kappa shape index (κ3) is 2.83. The first-order valence-electron chi connectivity index (χ1n) is 8.53. The molecule has 23 heavy (non-hydrogen) atoms. The lowest BCUT2D eigenvalue weighted by molar-refractivity contribution is 0.275. The van der Waals surface area contributed by atoms with Crippen molar-refractivity contribution in [3.05, 3.63) is 29.7 Å². The van der Waals surface area contributed by atoms with Gasteiger partial charge in [-0.1, -0.05) is 12.1 Å². The summed E-state index contributed by atoms with van der Waals surface area (Å²) in [5, 5.41) is 17.8. The van der Waals surface area contributed by atoms with E-state index in [1.54, 1.807) is 0 Å².